The summed E-state index contributed by atoms with van der Waals surface area (Å²) in [6, 6.07) is 0. The number of nitrogens with one attached hydrogen (secondary N) is 1. The lowest BCUT2D eigenvalue weighted by molar-refractivity contribution is 0.0341. The van der Waals surface area contributed by atoms with Gasteiger partial charge in [0.15, 0.2) is 0 Å². The van der Waals surface area contributed by atoms with E-state index in [0.29, 0.717) is 6.61 Å². The SMILES string of the molecule is OCC1(CC2CCC2)COCCCN1. The second-order valence-electron chi connectivity index (χ2n) is 4.77. The highest BCUT2D eigenvalue weighted by Gasteiger charge is 2.35. The third-order valence-electron chi connectivity index (χ3n) is 3.55. The molecule has 1 heterocycles. The summed E-state index contributed by atoms with van der Waals surface area (Å²) < 4.78 is 5.55. The van der Waals surface area contributed by atoms with Crippen LogP contribution in [0.2, 0.25) is 0 Å². The van der Waals surface area contributed by atoms with Gasteiger partial charge in [-0.05, 0) is 25.3 Å². The molecule has 3 nitrogen and oxygen atoms in total. The highest BCUT2D eigenvalue weighted by atomic mass is 16.5. The largest absolute Gasteiger partial charge is 0.394 e. The zero-order chi connectivity index (χ0) is 9.86. The maximum Gasteiger partial charge on any atom is 0.0670 e. The molecule has 1 saturated heterocycles. The minimum atomic E-state index is -0.137. The summed E-state index contributed by atoms with van der Waals surface area (Å²) >= 11 is 0. The van der Waals surface area contributed by atoms with Crippen molar-refractivity contribution in [2.75, 3.05) is 26.4 Å². The van der Waals surface area contributed by atoms with E-state index in [1.165, 1.54) is 19.3 Å². The molecular formula is C11H21NO2. The van der Waals surface area contributed by atoms with E-state index in [0.717, 1.165) is 31.9 Å². The van der Waals surface area contributed by atoms with Crippen molar-refractivity contribution in [1.82, 2.24) is 5.32 Å². The van der Waals surface area contributed by atoms with Crippen molar-refractivity contribution in [1.29, 1.82) is 0 Å². The molecule has 0 bridgehead atoms. The molecule has 0 aromatic carbocycles. The van der Waals surface area contributed by atoms with Gasteiger partial charge in [0.05, 0.1) is 18.8 Å². The van der Waals surface area contributed by atoms with E-state index in [4.69, 9.17) is 4.74 Å². The Kier molecular flexibility index (Phi) is 3.42. The lowest BCUT2D eigenvalue weighted by atomic mass is 9.76. The molecule has 1 unspecified atom stereocenters. The van der Waals surface area contributed by atoms with Gasteiger partial charge in [0.2, 0.25) is 0 Å². The van der Waals surface area contributed by atoms with Crippen molar-refractivity contribution in [3.05, 3.63) is 0 Å². The van der Waals surface area contributed by atoms with Crippen LogP contribution < -0.4 is 5.32 Å². The number of rotatable bonds is 3. The molecule has 3 heteroatoms. The minimum Gasteiger partial charge on any atom is -0.394 e. The van der Waals surface area contributed by atoms with Gasteiger partial charge >= 0.3 is 0 Å². The van der Waals surface area contributed by atoms with Crippen LogP contribution in [0.25, 0.3) is 0 Å². The molecule has 14 heavy (non-hydrogen) atoms. The quantitative estimate of drug-likeness (QED) is 0.710. The number of hydrogen-bond acceptors (Lipinski definition) is 3. The molecule has 0 aromatic heterocycles. The van der Waals surface area contributed by atoms with Crippen molar-refractivity contribution >= 4 is 0 Å². The first-order valence-corrected chi connectivity index (χ1v) is 5.78. The van der Waals surface area contributed by atoms with Crippen LogP contribution in [0.3, 0.4) is 0 Å². The highest BCUT2D eigenvalue weighted by molar-refractivity contribution is 4.92. The number of hydrogen-bond donors (Lipinski definition) is 2. The minimum absolute atomic E-state index is 0.137. The zero-order valence-corrected chi connectivity index (χ0v) is 8.80. The van der Waals surface area contributed by atoms with Gasteiger partial charge in [-0.2, -0.15) is 0 Å². The van der Waals surface area contributed by atoms with E-state index >= 15 is 0 Å². The average molecular weight is 199 g/mol. The Hall–Kier alpha value is -0.120. The van der Waals surface area contributed by atoms with E-state index in [1.54, 1.807) is 0 Å². The molecular weight excluding hydrogens is 178 g/mol. The third kappa shape index (κ3) is 2.27. The van der Waals surface area contributed by atoms with Gasteiger partial charge in [-0.3, -0.25) is 0 Å². The normalized spacial score (nSPS) is 34.9. The maximum atomic E-state index is 9.49. The zero-order valence-electron chi connectivity index (χ0n) is 8.80. The second kappa shape index (κ2) is 4.60. The molecule has 1 saturated carbocycles. The topological polar surface area (TPSA) is 41.5 Å². The van der Waals surface area contributed by atoms with Crippen LogP contribution in [-0.4, -0.2) is 37.0 Å². The summed E-state index contributed by atoms with van der Waals surface area (Å²) in [5, 5.41) is 13.0. The first kappa shape index (κ1) is 10.4. The standard InChI is InChI=1S/C11H21NO2/c13-8-11(7-10-3-1-4-10)9-14-6-2-5-12-11/h10,12-13H,1-9H2. The lowest BCUT2D eigenvalue weighted by Crippen LogP contribution is -2.53. The Bertz CT molecular complexity index is 172. The summed E-state index contributed by atoms with van der Waals surface area (Å²) in [6.45, 7) is 2.70. The van der Waals surface area contributed by atoms with Crippen molar-refractivity contribution in [2.24, 2.45) is 5.92 Å². The molecule has 2 fully saturated rings. The van der Waals surface area contributed by atoms with E-state index in [9.17, 15) is 5.11 Å². The summed E-state index contributed by atoms with van der Waals surface area (Å²) in [5.74, 6) is 0.816. The third-order valence-corrected chi connectivity index (χ3v) is 3.55. The van der Waals surface area contributed by atoms with Crippen molar-refractivity contribution < 1.29 is 9.84 Å². The molecule has 0 spiro atoms. The van der Waals surface area contributed by atoms with Gasteiger partial charge in [-0.15, -0.1) is 0 Å². The Labute approximate surface area is 85.8 Å². The van der Waals surface area contributed by atoms with E-state index in [1.807, 2.05) is 0 Å². The molecule has 0 radical (unpaired) electrons. The Morgan fingerprint density at radius 2 is 2.21 bits per heavy atom. The predicted molar refractivity (Wildman–Crippen MR) is 55.2 cm³/mol. The summed E-state index contributed by atoms with van der Waals surface area (Å²) in [6.07, 6.45) is 6.19. The van der Waals surface area contributed by atoms with Crippen LogP contribution in [0.1, 0.15) is 32.1 Å². The Morgan fingerprint density at radius 1 is 1.36 bits per heavy atom. The molecule has 2 N–H and O–H groups in total. The van der Waals surface area contributed by atoms with Crippen LogP contribution in [0.4, 0.5) is 0 Å². The van der Waals surface area contributed by atoms with Crippen molar-refractivity contribution in [2.45, 2.75) is 37.6 Å². The van der Waals surface area contributed by atoms with Crippen molar-refractivity contribution in [3.63, 3.8) is 0 Å². The first-order chi connectivity index (χ1) is 6.85. The predicted octanol–water partition coefficient (Wildman–Crippen LogP) is 0.918. The summed E-state index contributed by atoms with van der Waals surface area (Å²) in [5.41, 5.74) is -0.137. The monoisotopic (exact) mass is 199 g/mol. The molecule has 1 aliphatic heterocycles. The van der Waals surface area contributed by atoms with E-state index in [2.05, 4.69) is 5.32 Å². The molecule has 1 atom stereocenters. The van der Waals surface area contributed by atoms with Gasteiger partial charge in [-0.25, -0.2) is 0 Å². The van der Waals surface area contributed by atoms with Gasteiger partial charge < -0.3 is 15.2 Å². The highest BCUT2D eigenvalue weighted by Crippen LogP contribution is 2.34. The molecule has 0 amide bonds. The molecule has 82 valence electrons. The second-order valence-corrected chi connectivity index (χ2v) is 4.77. The van der Waals surface area contributed by atoms with Gasteiger partial charge in [0.25, 0.3) is 0 Å². The number of aliphatic hydroxyl groups excluding tert-OH is 1. The Balaban J connectivity index is 1.90. The first-order valence-electron chi connectivity index (χ1n) is 5.78. The fourth-order valence-corrected chi connectivity index (χ4v) is 2.39. The van der Waals surface area contributed by atoms with E-state index in [-0.39, 0.29) is 12.1 Å². The molecule has 2 rings (SSSR count). The van der Waals surface area contributed by atoms with E-state index < -0.39 is 0 Å². The van der Waals surface area contributed by atoms with Crippen LogP contribution in [-0.2, 0) is 4.74 Å². The van der Waals surface area contributed by atoms with Crippen LogP contribution in [0.5, 0.6) is 0 Å². The molecule has 0 aromatic rings. The van der Waals surface area contributed by atoms with Gasteiger partial charge in [0.1, 0.15) is 0 Å². The van der Waals surface area contributed by atoms with Crippen LogP contribution in [0.15, 0.2) is 0 Å². The number of ether oxygens (including phenoxy) is 1. The summed E-state index contributed by atoms with van der Waals surface area (Å²) in [4.78, 5) is 0. The lowest BCUT2D eigenvalue weighted by Gasteiger charge is -2.38. The fraction of sp³-hybridized carbons (Fsp3) is 1.00. The summed E-state index contributed by atoms with van der Waals surface area (Å²) in [7, 11) is 0. The number of aliphatic hydroxyl groups is 1. The van der Waals surface area contributed by atoms with Gasteiger partial charge in [-0.1, -0.05) is 19.3 Å². The van der Waals surface area contributed by atoms with Gasteiger partial charge in [0, 0.05) is 6.61 Å². The van der Waals surface area contributed by atoms with Crippen LogP contribution in [0, 0.1) is 5.92 Å². The molecule has 2 aliphatic rings. The fourth-order valence-electron chi connectivity index (χ4n) is 2.39. The average Bonchev–Trinajstić information content (AvgIpc) is 2.38. The molecule has 1 aliphatic carbocycles. The smallest absolute Gasteiger partial charge is 0.0670 e. The Morgan fingerprint density at radius 3 is 2.86 bits per heavy atom. The maximum absolute atomic E-state index is 9.49. The van der Waals surface area contributed by atoms with Crippen LogP contribution >= 0.6 is 0 Å². The van der Waals surface area contributed by atoms with Crippen molar-refractivity contribution in [3.8, 4) is 0 Å².